The highest BCUT2D eigenvalue weighted by molar-refractivity contribution is 9.09. The first-order valence-corrected chi connectivity index (χ1v) is 6.70. The van der Waals surface area contributed by atoms with E-state index in [4.69, 9.17) is 4.74 Å². The Kier molecular flexibility index (Phi) is 5.81. The molecule has 0 saturated heterocycles. The maximum absolute atomic E-state index is 13.0. The van der Waals surface area contributed by atoms with Crippen molar-refractivity contribution in [3.63, 3.8) is 0 Å². The van der Waals surface area contributed by atoms with E-state index in [1.807, 2.05) is 0 Å². The topological polar surface area (TPSA) is 9.23 Å². The molecule has 0 aromatic heterocycles. The van der Waals surface area contributed by atoms with E-state index in [1.165, 1.54) is 6.07 Å². The van der Waals surface area contributed by atoms with E-state index in [0.29, 0.717) is 18.1 Å². The smallest absolute Gasteiger partial charge is 0.126 e. The molecule has 0 aliphatic carbocycles. The second kappa shape index (κ2) is 6.89. The van der Waals surface area contributed by atoms with E-state index in [-0.39, 0.29) is 5.82 Å². The molecule has 1 unspecified atom stereocenters. The van der Waals surface area contributed by atoms with Gasteiger partial charge in [-0.05, 0) is 49.4 Å². The van der Waals surface area contributed by atoms with Crippen LogP contribution < -0.4 is 4.74 Å². The lowest BCUT2D eigenvalue weighted by atomic mass is 10.1. The highest BCUT2D eigenvalue weighted by Gasteiger charge is 2.03. The van der Waals surface area contributed by atoms with Gasteiger partial charge >= 0.3 is 0 Å². The van der Waals surface area contributed by atoms with Crippen LogP contribution in [0.3, 0.4) is 0 Å². The van der Waals surface area contributed by atoms with Crippen LogP contribution in [-0.4, -0.2) is 11.9 Å². The van der Waals surface area contributed by atoms with Crippen LogP contribution >= 0.6 is 15.9 Å². The Hall–Kier alpha value is -0.570. The third kappa shape index (κ3) is 4.52. The van der Waals surface area contributed by atoms with Crippen molar-refractivity contribution in [2.24, 2.45) is 5.92 Å². The predicted octanol–water partition coefficient (Wildman–Crippen LogP) is 4.32. The van der Waals surface area contributed by atoms with Gasteiger partial charge in [-0.3, -0.25) is 0 Å². The quantitative estimate of drug-likeness (QED) is 0.708. The molecule has 1 nitrogen and oxygen atoms in total. The summed E-state index contributed by atoms with van der Waals surface area (Å²) in [7, 11) is 0. The van der Waals surface area contributed by atoms with Gasteiger partial charge in [-0.25, -0.2) is 4.39 Å². The van der Waals surface area contributed by atoms with Gasteiger partial charge in [0.05, 0.1) is 6.61 Å². The third-order valence-electron chi connectivity index (χ3n) is 2.61. The van der Waals surface area contributed by atoms with Crippen molar-refractivity contribution in [2.45, 2.75) is 26.7 Å². The summed E-state index contributed by atoms with van der Waals surface area (Å²) in [6.45, 7) is 4.65. The Morgan fingerprint density at radius 1 is 1.38 bits per heavy atom. The molecule has 1 aromatic rings. The van der Waals surface area contributed by atoms with E-state index < -0.39 is 0 Å². The first-order valence-electron chi connectivity index (χ1n) is 5.58. The van der Waals surface area contributed by atoms with Crippen molar-refractivity contribution in [1.29, 1.82) is 0 Å². The number of halogens is 2. The van der Waals surface area contributed by atoms with Crippen molar-refractivity contribution in [3.05, 3.63) is 29.6 Å². The normalized spacial score (nSPS) is 12.5. The molecule has 0 aliphatic rings. The Labute approximate surface area is 105 Å². The molecular weight excluding hydrogens is 271 g/mol. The molecule has 0 fully saturated rings. The van der Waals surface area contributed by atoms with Gasteiger partial charge in [0.1, 0.15) is 11.6 Å². The average molecular weight is 289 g/mol. The fourth-order valence-electron chi connectivity index (χ4n) is 1.42. The number of rotatable bonds is 6. The summed E-state index contributed by atoms with van der Waals surface area (Å²) in [4.78, 5) is 0. The van der Waals surface area contributed by atoms with E-state index in [2.05, 4.69) is 22.9 Å². The van der Waals surface area contributed by atoms with Crippen molar-refractivity contribution < 1.29 is 9.13 Å². The Bertz CT molecular complexity index is 328. The molecule has 3 heteroatoms. The molecule has 90 valence electrons. The first-order chi connectivity index (χ1) is 7.63. The number of hydrogen-bond acceptors (Lipinski definition) is 1. The highest BCUT2D eigenvalue weighted by atomic mass is 79.9. The van der Waals surface area contributed by atoms with E-state index in [0.717, 1.165) is 23.9 Å². The van der Waals surface area contributed by atoms with Gasteiger partial charge in [0.25, 0.3) is 0 Å². The molecule has 1 aromatic carbocycles. The molecule has 1 rings (SSSR count). The zero-order chi connectivity index (χ0) is 12.0. The standard InChI is InChI=1S/C13H18BrFO/c1-10(5-7-14)6-8-16-12-3-4-13(15)11(2)9-12/h3-4,9-10H,5-8H2,1-2H3. The van der Waals surface area contributed by atoms with E-state index >= 15 is 0 Å². The summed E-state index contributed by atoms with van der Waals surface area (Å²) in [5.41, 5.74) is 0.631. The lowest BCUT2D eigenvalue weighted by molar-refractivity contribution is 0.282. The SMILES string of the molecule is Cc1cc(OCCC(C)CCBr)ccc1F. The highest BCUT2D eigenvalue weighted by Crippen LogP contribution is 2.17. The van der Waals surface area contributed by atoms with Crippen LogP contribution in [0, 0.1) is 18.7 Å². The van der Waals surface area contributed by atoms with Gasteiger partial charge in [-0.15, -0.1) is 0 Å². The van der Waals surface area contributed by atoms with Crippen molar-refractivity contribution in [2.75, 3.05) is 11.9 Å². The minimum atomic E-state index is -0.181. The fourth-order valence-corrected chi connectivity index (χ4v) is 2.20. The zero-order valence-electron chi connectivity index (χ0n) is 9.80. The van der Waals surface area contributed by atoms with Gasteiger partial charge in [-0.1, -0.05) is 22.9 Å². The van der Waals surface area contributed by atoms with Crippen LogP contribution in [-0.2, 0) is 0 Å². The predicted molar refractivity (Wildman–Crippen MR) is 68.8 cm³/mol. The maximum atomic E-state index is 13.0. The first kappa shape index (κ1) is 13.5. The van der Waals surface area contributed by atoms with Crippen LogP contribution in [0.15, 0.2) is 18.2 Å². The number of aryl methyl sites for hydroxylation is 1. The number of alkyl halides is 1. The van der Waals surface area contributed by atoms with Crippen molar-refractivity contribution >= 4 is 15.9 Å². The summed E-state index contributed by atoms with van der Waals surface area (Å²) in [6.07, 6.45) is 2.19. The van der Waals surface area contributed by atoms with Crippen molar-refractivity contribution in [1.82, 2.24) is 0 Å². The van der Waals surface area contributed by atoms with Crippen LogP contribution in [0.4, 0.5) is 4.39 Å². The van der Waals surface area contributed by atoms with Crippen LogP contribution in [0.2, 0.25) is 0 Å². The summed E-state index contributed by atoms with van der Waals surface area (Å²) in [5.74, 6) is 1.23. The van der Waals surface area contributed by atoms with Crippen LogP contribution in [0.1, 0.15) is 25.3 Å². The molecule has 0 aliphatic heterocycles. The zero-order valence-corrected chi connectivity index (χ0v) is 11.4. The molecule has 0 saturated carbocycles. The molecule has 0 amide bonds. The van der Waals surface area contributed by atoms with Gasteiger partial charge in [0, 0.05) is 5.33 Å². The maximum Gasteiger partial charge on any atom is 0.126 e. The summed E-state index contributed by atoms with van der Waals surface area (Å²) < 4.78 is 18.6. The Balaban J connectivity index is 2.34. The monoisotopic (exact) mass is 288 g/mol. The van der Waals surface area contributed by atoms with Gasteiger partial charge < -0.3 is 4.74 Å². The summed E-state index contributed by atoms with van der Waals surface area (Å²) >= 11 is 3.42. The summed E-state index contributed by atoms with van der Waals surface area (Å²) in [5, 5.41) is 1.03. The van der Waals surface area contributed by atoms with Crippen LogP contribution in [0.25, 0.3) is 0 Å². The minimum Gasteiger partial charge on any atom is -0.494 e. The fraction of sp³-hybridized carbons (Fsp3) is 0.538. The molecule has 16 heavy (non-hydrogen) atoms. The van der Waals surface area contributed by atoms with Gasteiger partial charge in [0.2, 0.25) is 0 Å². The number of ether oxygens (including phenoxy) is 1. The third-order valence-corrected chi connectivity index (χ3v) is 3.07. The molecule has 0 bridgehead atoms. The van der Waals surface area contributed by atoms with E-state index in [1.54, 1.807) is 19.1 Å². The largest absolute Gasteiger partial charge is 0.494 e. The molecular formula is C13H18BrFO. The molecule has 0 heterocycles. The lowest BCUT2D eigenvalue weighted by Gasteiger charge is -2.11. The minimum absolute atomic E-state index is 0.181. The lowest BCUT2D eigenvalue weighted by Crippen LogP contribution is -2.04. The Morgan fingerprint density at radius 3 is 2.75 bits per heavy atom. The Morgan fingerprint density at radius 2 is 2.12 bits per heavy atom. The van der Waals surface area contributed by atoms with Crippen LogP contribution in [0.5, 0.6) is 5.75 Å². The second-order valence-corrected chi connectivity index (χ2v) is 4.92. The average Bonchev–Trinajstić information content (AvgIpc) is 2.24. The summed E-state index contributed by atoms with van der Waals surface area (Å²) in [6, 6.07) is 4.87. The molecule has 1 atom stereocenters. The molecule has 0 spiro atoms. The van der Waals surface area contributed by atoms with Gasteiger partial charge in [0.15, 0.2) is 0 Å². The van der Waals surface area contributed by atoms with Crippen molar-refractivity contribution in [3.8, 4) is 5.75 Å². The van der Waals surface area contributed by atoms with Gasteiger partial charge in [-0.2, -0.15) is 0 Å². The number of hydrogen-bond donors (Lipinski definition) is 0. The second-order valence-electron chi connectivity index (χ2n) is 4.13. The van der Waals surface area contributed by atoms with E-state index in [9.17, 15) is 4.39 Å². The number of benzene rings is 1. The molecule has 0 radical (unpaired) electrons. The molecule has 0 N–H and O–H groups in total.